The molecule has 3 aliphatic rings. The van der Waals surface area contributed by atoms with Gasteiger partial charge < -0.3 is 19.0 Å². The minimum atomic E-state index is -1.83. The Labute approximate surface area is 153 Å². The molecule has 3 fully saturated rings. The average Bonchev–Trinajstić information content (AvgIpc) is 3.09. The fourth-order valence-corrected chi connectivity index (χ4v) is 5.40. The van der Waals surface area contributed by atoms with Crippen LogP contribution < -0.4 is 0 Å². The molecule has 2 aliphatic carbocycles. The molecule has 5 heteroatoms. The minimum Gasteiger partial charge on any atom is -0.403 e. The summed E-state index contributed by atoms with van der Waals surface area (Å²) >= 11 is 0. The molecule has 0 amide bonds. The maximum Gasteiger partial charge on any atom is 0.193 e. The van der Waals surface area contributed by atoms with Crippen LogP contribution >= 0.6 is 0 Å². The molecule has 2 saturated carbocycles. The van der Waals surface area contributed by atoms with Crippen LogP contribution in [-0.2, 0) is 13.9 Å². The Kier molecular flexibility index (Phi) is 5.16. The van der Waals surface area contributed by atoms with Crippen LogP contribution in [0.25, 0.3) is 0 Å². The van der Waals surface area contributed by atoms with Gasteiger partial charge in [-0.25, -0.2) is 0 Å². The molecule has 5 unspecified atom stereocenters. The van der Waals surface area contributed by atoms with E-state index in [-0.39, 0.29) is 29.1 Å². The van der Waals surface area contributed by atoms with Gasteiger partial charge in [0.2, 0.25) is 0 Å². The molecule has 0 aromatic rings. The van der Waals surface area contributed by atoms with Gasteiger partial charge in [-0.15, -0.1) is 0 Å². The monoisotopic (exact) mass is 366 g/mol. The van der Waals surface area contributed by atoms with Gasteiger partial charge in [0, 0.05) is 18.3 Å². The Balaban J connectivity index is 1.64. The van der Waals surface area contributed by atoms with E-state index in [0.29, 0.717) is 19.1 Å². The second-order valence-corrected chi connectivity index (χ2v) is 14.1. The van der Waals surface area contributed by atoms with Gasteiger partial charge in [-0.05, 0) is 36.9 Å². The second-order valence-electron chi connectivity index (χ2n) is 9.38. The van der Waals surface area contributed by atoms with E-state index in [1.54, 1.807) is 0 Å². The minimum absolute atomic E-state index is 0.0132. The molecule has 142 valence electrons. The average molecular weight is 367 g/mol. The molecular weight excluding hydrogens is 332 g/mol. The van der Waals surface area contributed by atoms with Gasteiger partial charge in [0.15, 0.2) is 14.1 Å². The van der Waals surface area contributed by atoms with Crippen LogP contribution in [0.3, 0.4) is 0 Å². The third kappa shape index (κ3) is 3.44. The van der Waals surface area contributed by atoms with E-state index in [4.69, 9.17) is 13.9 Å². The number of rotatable bonds is 3. The van der Waals surface area contributed by atoms with Crippen molar-refractivity contribution in [3.8, 4) is 11.8 Å². The smallest absolute Gasteiger partial charge is 0.193 e. The summed E-state index contributed by atoms with van der Waals surface area (Å²) in [4.78, 5) is 0. The van der Waals surface area contributed by atoms with Crippen molar-refractivity contribution in [2.75, 3.05) is 13.2 Å². The standard InChI is InChI=1S/C20H34O4Si/c1-7-15(24-25(5,6)19(2,3)4)9-8-14-12-17-16(18(14)21)13-20(17)22-10-11-23-20/h14-18,21H,7,10-13H2,1-6H3. The summed E-state index contributed by atoms with van der Waals surface area (Å²) < 4.78 is 18.1. The Hall–Kier alpha value is -0.383. The van der Waals surface area contributed by atoms with E-state index >= 15 is 0 Å². The van der Waals surface area contributed by atoms with Crippen LogP contribution in [0.1, 0.15) is 47.0 Å². The van der Waals surface area contributed by atoms with Crippen molar-refractivity contribution in [1.82, 2.24) is 0 Å². The number of hydrogen-bond acceptors (Lipinski definition) is 4. The predicted octanol–water partition coefficient (Wildman–Crippen LogP) is 3.55. The Morgan fingerprint density at radius 1 is 1.28 bits per heavy atom. The largest absolute Gasteiger partial charge is 0.403 e. The van der Waals surface area contributed by atoms with E-state index in [0.717, 1.165) is 19.3 Å². The number of fused-ring (bicyclic) bond motifs is 2. The molecule has 1 aliphatic heterocycles. The molecular formula is C20H34O4Si. The van der Waals surface area contributed by atoms with Crippen molar-refractivity contribution in [1.29, 1.82) is 0 Å². The second kappa shape index (κ2) is 6.65. The molecule has 4 nitrogen and oxygen atoms in total. The molecule has 1 N–H and O–H groups in total. The number of hydrogen-bond donors (Lipinski definition) is 1. The Morgan fingerprint density at radius 3 is 2.48 bits per heavy atom. The lowest BCUT2D eigenvalue weighted by molar-refractivity contribution is -0.275. The summed E-state index contributed by atoms with van der Waals surface area (Å²) in [6.07, 6.45) is 2.16. The van der Waals surface area contributed by atoms with Crippen molar-refractivity contribution in [2.45, 2.75) is 83.1 Å². The zero-order chi connectivity index (χ0) is 18.5. The van der Waals surface area contributed by atoms with Crippen LogP contribution in [0.2, 0.25) is 18.1 Å². The molecule has 5 atom stereocenters. The first-order chi connectivity index (χ1) is 11.6. The van der Waals surface area contributed by atoms with Crippen molar-refractivity contribution in [3.05, 3.63) is 0 Å². The van der Waals surface area contributed by atoms with Gasteiger partial charge in [0.05, 0.1) is 19.3 Å². The topological polar surface area (TPSA) is 47.9 Å². The van der Waals surface area contributed by atoms with Gasteiger partial charge in [0.25, 0.3) is 0 Å². The van der Waals surface area contributed by atoms with Gasteiger partial charge >= 0.3 is 0 Å². The molecule has 0 aromatic heterocycles. The molecule has 1 saturated heterocycles. The normalized spacial score (nSPS) is 35.0. The molecule has 3 rings (SSSR count). The summed E-state index contributed by atoms with van der Waals surface area (Å²) in [6, 6.07) is 0. The molecule has 0 radical (unpaired) electrons. The summed E-state index contributed by atoms with van der Waals surface area (Å²) in [7, 11) is -1.83. The first-order valence-electron chi connectivity index (χ1n) is 9.74. The summed E-state index contributed by atoms with van der Waals surface area (Å²) in [5.74, 6) is 6.86. The maximum absolute atomic E-state index is 10.6. The summed E-state index contributed by atoms with van der Waals surface area (Å²) in [5, 5.41) is 10.8. The third-order valence-corrected chi connectivity index (χ3v) is 11.3. The highest BCUT2D eigenvalue weighted by atomic mass is 28.4. The van der Waals surface area contributed by atoms with Crippen LogP contribution in [-0.4, -0.2) is 44.6 Å². The quantitative estimate of drug-likeness (QED) is 0.613. The van der Waals surface area contributed by atoms with E-state index in [1.807, 2.05) is 0 Å². The van der Waals surface area contributed by atoms with Gasteiger partial charge in [-0.3, -0.25) is 0 Å². The summed E-state index contributed by atoms with van der Waals surface area (Å²) in [6.45, 7) is 14.7. The van der Waals surface area contributed by atoms with E-state index < -0.39 is 14.1 Å². The zero-order valence-corrected chi connectivity index (χ0v) is 17.6. The zero-order valence-electron chi connectivity index (χ0n) is 16.6. The molecule has 1 spiro atoms. The molecule has 25 heavy (non-hydrogen) atoms. The first kappa shape index (κ1) is 19.4. The van der Waals surface area contributed by atoms with Crippen LogP contribution in [0, 0.1) is 29.6 Å². The molecule has 0 aromatic carbocycles. The predicted molar refractivity (Wildman–Crippen MR) is 100 cm³/mol. The van der Waals surface area contributed by atoms with Gasteiger partial charge in [-0.2, -0.15) is 0 Å². The number of ether oxygens (including phenoxy) is 2. The van der Waals surface area contributed by atoms with Crippen molar-refractivity contribution in [3.63, 3.8) is 0 Å². The lowest BCUT2D eigenvalue weighted by Crippen LogP contribution is -2.54. The highest BCUT2D eigenvalue weighted by Crippen LogP contribution is 2.59. The SMILES string of the molecule is CCC(C#CC1CC2C(CC23OCCO3)C1O)O[Si](C)(C)C(C)(C)C. The molecule has 0 bridgehead atoms. The van der Waals surface area contributed by atoms with Gasteiger partial charge in [0.1, 0.15) is 6.10 Å². The van der Waals surface area contributed by atoms with E-state index in [1.165, 1.54) is 0 Å². The highest BCUT2D eigenvalue weighted by molar-refractivity contribution is 6.74. The Bertz CT molecular complexity index is 550. The van der Waals surface area contributed by atoms with Crippen molar-refractivity contribution in [2.24, 2.45) is 17.8 Å². The van der Waals surface area contributed by atoms with Crippen molar-refractivity contribution >= 4 is 8.32 Å². The number of aliphatic hydroxyl groups is 1. The van der Waals surface area contributed by atoms with Gasteiger partial charge in [-0.1, -0.05) is 39.5 Å². The fourth-order valence-electron chi connectivity index (χ4n) is 4.11. The first-order valence-corrected chi connectivity index (χ1v) is 12.7. The van der Waals surface area contributed by atoms with Crippen LogP contribution in [0.4, 0.5) is 0 Å². The third-order valence-electron chi connectivity index (χ3n) is 6.78. The van der Waals surface area contributed by atoms with Crippen LogP contribution in [0.15, 0.2) is 0 Å². The van der Waals surface area contributed by atoms with E-state index in [2.05, 4.69) is 52.6 Å². The summed E-state index contributed by atoms with van der Waals surface area (Å²) in [5.41, 5.74) is 0. The lowest BCUT2D eigenvalue weighted by atomic mass is 9.69. The molecule has 1 heterocycles. The fraction of sp³-hybridized carbons (Fsp3) is 0.900. The van der Waals surface area contributed by atoms with E-state index in [9.17, 15) is 5.11 Å². The number of aliphatic hydroxyl groups excluding tert-OH is 1. The van der Waals surface area contributed by atoms with Crippen molar-refractivity contribution < 1.29 is 19.0 Å². The lowest BCUT2D eigenvalue weighted by Gasteiger charge is -2.48. The Morgan fingerprint density at radius 2 is 1.92 bits per heavy atom. The maximum atomic E-state index is 10.6. The van der Waals surface area contributed by atoms with Crippen LogP contribution in [0.5, 0.6) is 0 Å². The highest BCUT2D eigenvalue weighted by Gasteiger charge is 2.64.